The summed E-state index contributed by atoms with van der Waals surface area (Å²) in [6.07, 6.45) is 1.32. The number of aliphatic carboxylic acids is 1. The number of nitrogens with zero attached hydrogens (tertiary/aromatic N) is 1. The zero-order valence-electron chi connectivity index (χ0n) is 8.29. The highest BCUT2D eigenvalue weighted by Gasteiger charge is 2.24. The van der Waals surface area contributed by atoms with Crippen LogP contribution in [0.4, 0.5) is 0 Å². The first-order chi connectivity index (χ1) is 6.11. The Bertz CT molecular complexity index is 184. The van der Waals surface area contributed by atoms with E-state index in [4.69, 9.17) is 5.11 Å². The molecule has 2 unspecified atom stereocenters. The fourth-order valence-corrected chi connectivity index (χ4v) is 1.70. The zero-order valence-corrected chi connectivity index (χ0v) is 8.29. The second-order valence-corrected chi connectivity index (χ2v) is 3.76. The van der Waals surface area contributed by atoms with Crippen molar-refractivity contribution in [1.29, 1.82) is 0 Å². The molecule has 13 heavy (non-hydrogen) atoms. The number of carboxylic acid groups (broad SMARTS) is 1. The van der Waals surface area contributed by atoms with Crippen molar-refractivity contribution in [2.24, 2.45) is 0 Å². The Labute approximate surface area is 78.9 Å². The Morgan fingerprint density at radius 1 is 1.69 bits per heavy atom. The van der Waals surface area contributed by atoms with Crippen molar-refractivity contribution < 1.29 is 9.90 Å². The fourth-order valence-electron chi connectivity index (χ4n) is 1.70. The van der Waals surface area contributed by atoms with Crippen LogP contribution in [0, 0.1) is 0 Å². The molecule has 0 bridgehead atoms. The molecular formula is C9H18N2O2. The van der Waals surface area contributed by atoms with E-state index in [1.807, 2.05) is 7.05 Å². The SMILES string of the molecule is CC1CCNCC(CC(=O)O)N1C. The number of rotatable bonds is 2. The Hall–Kier alpha value is -0.610. The van der Waals surface area contributed by atoms with E-state index in [1.54, 1.807) is 0 Å². The predicted molar refractivity (Wildman–Crippen MR) is 50.8 cm³/mol. The highest BCUT2D eigenvalue weighted by molar-refractivity contribution is 5.67. The minimum Gasteiger partial charge on any atom is -0.481 e. The molecule has 1 aliphatic rings. The van der Waals surface area contributed by atoms with Crippen molar-refractivity contribution in [2.75, 3.05) is 20.1 Å². The molecule has 1 fully saturated rings. The molecule has 0 aromatic heterocycles. The van der Waals surface area contributed by atoms with Crippen LogP contribution in [0.15, 0.2) is 0 Å². The lowest BCUT2D eigenvalue weighted by atomic mass is 10.1. The van der Waals surface area contributed by atoms with E-state index in [-0.39, 0.29) is 12.5 Å². The van der Waals surface area contributed by atoms with Crippen LogP contribution < -0.4 is 5.32 Å². The lowest BCUT2D eigenvalue weighted by Crippen LogP contribution is -2.42. The molecule has 0 saturated carbocycles. The standard InChI is InChI=1S/C9H18N2O2/c1-7-3-4-10-6-8(11(7)2)5-9(12)13/h7-8,10H,3-6H2,1-2H3,(H,12,13). The van der Waals surface area contributed by atoms with Gasteiger partial charge in [-0.15, -0.1) is 0 Å². The first-order valence-corrected chi connectivity index (χ1v) is 4.75. The summed E-state index contributed by atoms with van der Waals surface area (Å²) in [5.74, 6) is -0.715. The van der Waals surface area contributed by atoms with Gasteiger partial charge in [0.15, 0.2) is 0 Å². The maximum Gasteiger partial charge on any atom is 0.304 e. The van der Waals surface area contributed by atoms with Gasteiger partial charge in [-0.25, -0.2) is 0 Å². The quantitative estimate of drug-likeness (QED) is 0.644. The number of nitrogens with one attached hydrogen (secondary N) is 1. The van der Waals surface area contributed by atoms with Gasteiger partial charge < -0.3 is 10.4 Å². The minimum atomic E-state index is -0.715. The molecule has 1 heterocycles. The van der Waals surface area contributed by atoms with Crippen molar-refractivity contribution in [1.82, 2.24) is 10.2 Å². The first-order valence-electron chi connectivity index (χ1n) is 4.75. The molecule has 1 saturated heterocycles. The summed E-state index contributed by atoms with van der Waals surface area (Å²) in [7, 11) is 2.01. The minimum absolute atomic E-state index is 0.134. The summed E-state index contributed by atoms with van der Waals surface area (Å²) in [5, 5.41) is 12.0. The Morgan fingerprint density at radius 3 is 3.00 bits per heavy atom. The number of carbonyl (C=O) groups is 1. The van der Waals surface area contributed by atoms with Gasteiger partial charge in [0.1, 0.15) is 0 Å². The van der Waals surface area contributed by atoms with E-state index in [9.17, 15) is 4.79 Å². The lowest BCUT2D eigenvalue weighted by Gasteiger charge is -2.29. The molecule has 0 aromatic carbocycles. The number of likely N-dealkylation sites (N-methyl/N-ethyl adjacent to an activating group) is 1. The average molecular weight is 186 g/mol. The van der Waals surface area contributed by atoms with Crippen LogP contribution >= 0.6 is 0 Å². The highest BCUT2D eigenvalue weighted by atomic mass is 16.4. The van der Waals surface area contributed by atoms with E-state index in [0.29, 0.717) is 6.04 Å². The summed E-state index contributed by atoms with van der Waals surface area (Å²) in [6.45, 7) is 3.91. The van der Waals surface area contributed by atoms with Gasteiger partial charge in [0, 0.05) is 18.6 Å². The van der Waals surface area contributed by atoms with Gasteiger partial charge in [-0.1, -0.05) is 0 Å². The van der Waals surface area contributed by atoms with Crippen LogP contribution in [0.25, 0.3) is 0 Å². The summed E-state index contributed by atoms with van der Waals surface area (Å²) in [4.78, 5) is 12.7. The molecular weight excluding hydrogens is 168 g/mol. The molecule has 0 radical (unpaired) electrons. The van der Waals surface area contributed by atoms with Crippen molar-refractivity contribution >= 4 is 5.97 Å². The van der Waals surface area contributed by atoms with E-state index in [2.05, 4.69) is 17.1 Å². The Balaban J connectivity index is 2.53. The van der Waals surface area contributed by atoms with Crippen LogP contribution in [-0.4, -0.2) is 48.2 Å². The molecule has 2 atom stereocenters. The molecule has 1 rings (SSSR count). The van der Waals surface area contributed by atoms with E-state index >= 15 is 0 Å². The topological polar surface area (TPSA) is 52.6 Å². The van der Waals surface area contributed by atoms with Crippen LogP contribution in [0.2, 0.25) is 0 Å². The van der Waals surface area contributed by atoms with Crippen LogP contribution in [0.3, 0.4) is 0 Å². The Kier molecular flexibility index (Phi) is 3.69. The Morgan fingerprint density at radius 2 is 2.38 bits per heavy atom. The molecule has 0 aromatic rings. The van der Waals surface area contributed by atoms with E-state index in [0.717, 1.165) is 19.5 Å². The van der Waals surface area contributed by atoms with Gasteiger partial charge in [0.2, 0.25) is 0 Å². The van der Waals surface area contributed by atoms with E-state index in [1.165, 1.54) is 0 Å². The summed E-state index contributed by atoms with van der Waals surface area (Å²) >= 11 is 0. The molecule has 0 aliphatic carbocycles. The third kappa shape index (κ3) is 2.97. The second-order valence-electron chi connectivity index (χ2n) is 3.76. The number of hydrogen-bond donors (Lipinski definition) is 2. The molecule has 0 amide bonds. The maximum atomic E-state index is 10.6. The predicted octanol–water partition coefficient (Wildman–Crippen LogP) is 0.143. The maximum absolute atomic E-state index is 10.6. The molecule has 4 heteroatoms. The van der Waals surface area contributed by atoms with Gasteiger partial charge in [0.05, 0.1) is 6.42 Å². The first kappa shape index (κ1) is 10.5. The molecule has 76 valence electrons. The van der Waals surface area contributed by atoms with Gasteiger partial charge in [-0.05, 0) is 26.9 Å². The molecule has 4 nitrogen and oxygen atoms in total. The second kappa shape index (κ2) is 4.58. The third-order valence-electron chi connectivity index (χ3n) is 2.80. The van der Waals surface area contributed by atoms with Crippen molar-refractivity contribution in [3.63, 3.8) is 0 Å². The molecule has 2 N–H and O–H groups in total. The number of carboxylic acids is 1. The van der Waals surface area contributed by atoms with Crippen LogP contribution in [0.1, 0.15) is 19.8 Å². The van der Waals surface area contributed by atoms with Gasteiger partial charge in [0.25, 0.3) is 0 Å². The normalized spacial score (nSPS) is 31.2. The summed E-state index contributed by atoms with van der Waals surface area (Å²) < 4.78 is 0. The number of hydrogen-bond acceptors (Lipinski definition) is 3. The monoisotopic (exact) mass is 186 g/mol. The zero-order chi connectivity index (χ0) is 9.84. The molecule has 0 spiro atoms. The fraction of sp³-hybridized carbons (Fsp3) is 0.889. The summed E-state index contributed by atoms with van der Waals surface area (Å²) in [6, 6.07) is 0.606. The van der Waals surface area contributed by atoms with Crippen molar-refractivity contribution in [2.45, 2.75) is 31.8 Å². The van der Waals surface area contributed by atoms with E-state index < -0.39 is 5.97 Å². The van der Waals surface area contributed by atoms with Crippen LogP contribution in [0.5, 0.6) is 0 Å². The van der Waals surface area contributed by atoms with Gasteiger partial charge in [-0.2, -0.15) is 0 Å². The molecule has 1 aliphatic heterocycles. The third-order valence-corrected chi connectivity index (χ3v) is 2.80. The lowest BCUT2D eigenvalue weighted by molar-refractivity contribution is -0.138. The van der Waals surface area contributed by atoms with Crippen molar-refractivity contribution in [3.05, 3.63) is 0 Å². The van der Waals surface area contributed by atoms with Crippen molar-refractivity contribution in [3.8, 4) is 0 Å². The largest absolute Gasteiger partial charge is 0.481 e. The average Bonchev–Trinajstić information content (AvgIpc) is 2.19. The summed E-state index contributed by atoms with van der Waals surface area (Å²) in [5.41, 5.74) is 0. The highest BCUT2D eigenvalue weighted by Crippen LogP contribution is 2.11. The smallest absolute Gasteiger partial charge is 0.304 e. The van der Waals surface area contributed by atoms with Crippen LogP contribution in [-0.2, 0) is 4.79 Å². The van der Waals surface area contributed by atoms with Gasteiger partial charge in [-0.3, -0.25) is 9.69 Å². The van der Waals surface area contributed by atoms with Gasteiger partial charge >= 0.3 is 5.97 Å².